The Kier molecular flexibility index (Phi) is 5.38. The molecule has 0 fully saturated rings. The summed E-state index contributed by atoms with van der Waals surface area (Å²) in [4.78, 5) is 0. The first-order valence-electron chi connectivity index (χ1n) is 6.24. The second-order valence-electron chi connectivity index (χ2n) is 4.42. The van der Waals surface area contributed by atoms with Crippen LogP contribution in [-0.2, 0) is 19.9 Å². The van der Waals surface area contributed by atoms with Gasteiger partial charge >= 0.3 is 0 Å². The summed E-state index contributed by atoms with van der Waals surface area (Å²) < 4.78 is 2.20. The highest BCUT2D eigenvalue weighted by Gasteiger charge is 2.03. The van der Waals surface area contributed by atoms with E-state index in [-0.39, 0.29) is 0 Å². The largest absolute Gasteiger partial charge is 0.207 e. The lowest BCUT2D eigenvalue weighted by Crippen LogP contribution is -2.28. The fourth-order valence-corrected chi connectivity index (χ4v) is 1.91. The van der Waals surface area contributed by atoms with Crippen molar-refractivity contribution in [2.45, 2.75) is 52.4 Å². The molecule has 1 aromatic rings. The molecule has 0 aromatic carbocycles. The molecule has 1 rings (SSSR count). The van der Waals surface area contributed by atoms with Gasteiger partial charge in [-0.25, -0.2) is 4.57 Å². The van der Waals surface area contributed by atoms with Crippen LogP contribution < -0.4 is 4.57 Å². The minimum absolute atomic E-state index is 1.23. The lowest BCUT2D eigenvalue weighted by molar-refractivity contribution is -0.672. The minimum atomic E-state index is 1.23. The first-order chi connectivity index (χ1) is 7.26. The highest BCUT2D eigenvalue weighted by molar-refractivity contribution is 5.15. The Morgan fingerprint density at radius 3 is 1.80 bits per heavy atom. The van der Waals surface area contributed by atoms with E-state index in [4.69, 9.17) is 0 Å². The van der Waals surface area contributed by atoms with Crippen molar-refractivity contribution in [3.05, 3.63) is 29.6 Å². The first-order valence-corrected chi connectivity index (χ1v) is 6.24. The predicted octanol–water partition coefficient (Wildman–Crippen LogP) is 3.20. The summed E-state index contributed by atoms with van der Waals surface area (Å²) in [6.07, 6.45) is 12.1. The van der Waals surface area contributed by atoms with Crippen molar-refractivity contribution in [2.24, 2.45) is 7.05 Å². The number of hydrogen-bond acceptors (Lipinski definition) is 0. The molecule has 0 aliphatic carbocycles. The molecule has 0 aliphatic heterocycles. The van der Waals surface area contributed by atoms with Crippen LogP contribution in [-0.4, -0.2) is 0 Å². The van der Waals surface area contributed by atoms with Crippen LogP contribution in [0.1, 0.15) is 50.7 Å². The number of hydrogen-bond donors (Lipinski definition) is 0. The second kappa shape index (κ2) is 6.60. The molecule has 0 N–H and O–H groups in total. The maximum atomic E-state index is 2.38. The molecule has 0 saturated heterocycles. The van der Waals surface area contributed by atoms with Gasteiger partial charge in [0.15, 0.2) is 12.4 Å². The van der Waals surface area contributed by atoms with Gasteiger partial charge in [0.05, 0.1) is 0 Å². The zero-order chi connectivity index (χ0) is 11.1. The summed E-state index contributed by atoms with van der Waals surface area (Å²) in [6.45, 7) is 4.50. The fourth-order valence-electron chi connectivity index (χ4n) is 1.91. The molecule has 1 nitrogen and oxygen atoms in total. The van der Waals surface area contributed by atoms with Gasteiger partial charge in [0, 0.05) is 11.1 Å². The summed E-state index contributed by atoms with van der Waals surface area (Å²) in [5.41, 5.74) is 2.99. The summed E-state index contributed by atoms with van der Waals surface area (Å²) in [5, 5.41) is 0. The van der Waals surface area contributed by atoms with Crippen molar-refractivity contribution in [2.75, 3.05) is 0 Å². The van der Waals surface area contributed by atoms with Crippen LogP contribution in [0.2, 0.25) is 0 Å². The minimum Gasteiger partial charge on any atom is -0.207 e. The van der Waals surface area contributed by atoms with E-state index in [1.165, 1.54) is 49.7 Å². The van der Waals surface area contributed by atoms with Gasteiger partial charge in [0.2, 0.25) is 0 Å². The number of nitrogens with zero attached hydrogens (tertiary/aromatic N) is 1. The third-order valence-electron chi connectivity index (χ3n) is 2.75. The molecule has 1 heterocycles. The molecule has 1 heteroatoms. The number of aromatic nitrogens is 1. The SMILES string of the molecule is CCCCc1cc(CCCC)c[n+](C)c1. The molecular formula is C14H24N+. The van der Waals surface area contributed by atoms with Crippen LogP contribution in [0.3, 0.4) is 0 Å². The molecule has 0 aliphatic rings. The van der Waals surface area contributed by atoms with E-state index in [9.17, 15) is 0 Å². The summed E-state index contributed by atoms with van der Waals surface area (Å²) in [6, 6.07) is 2.38. The van der Waals surface area contributed by atoms with Crippen LogP contribution in [0.5, 0.6) is 0 Å². The topological polar surface area (TPSA) is 3.88 Å². The predicted molar refractivity (Wildman–Crippen MR) is 64.8 cm³/mol. The van der Waals surface area contributed by atoms with Crippen LogP contribution in [0.25, 0.3) is 0 Å². The third-order valence-corrected chi connectivity index (χ3v) is 2.75. The van der Waals surface area contributed by atoms with E-state index in [0.29, 0.717) is 0 Å². The quantitative estimate of drug-likeness (QED) is 0.629. The van der Waals surface area contributed by atoms with Crippen LogP contribution in [0, 0.1) is 0 Å². The standard InChI is InChI=1S/C14H24N/c1-4-6-8-13-10-14(9-7-5-2)12-15(3)11-13/h10-12H,4-9H2,1-3H3/q+1. The molecule has 0 radical (unpaired) electrons. The normalized spacial score (nSPS) is 10.6. The highest BCUT2D eigenvalue weighted by atomic mass is 14.9. The zero-order valence-electron chi connectivity index (χ0n) is 10.4. The number of pyridine rings is 1. The second-order valence-corrected chi connectivity index (χ2v) is 4.42. The van der Waals surface area contributed by atoms with Crippen molar-refractivity contribution in [1.29, 1.82) is 0 Å². The van der Waals surface area contributed by atoms with Gasteiger partial charge in [-0.2, -0.15) is 0 Å². The molecule has 0 amide bonds. The number of unbranched alkanes of at least 4 members (excludes halogenated alkanes) is 2. The summed E-state index contributed by atoms with van der Waals surface area (Å²) in [5.74, 6) is 0. The monoisotopic (exact) mass is 206 g/mol. The fraction of sp³-hybridized carbons (Fsp3) is 0.643. The Labute approximate surface area is 94.1 Å². The third kappa shape index (κ3) is 4.46. The lowest BCUT2D eigenvalue weighted by atomic mass is 10.1. The van der Waals surface area contributed by atoms with Crippen LogP contribution >= 0.6 is 0 Å². The Bertz CT molecular complexity index is 265. The zero-order valence-corrected chi connectivity index (χ0v) is 10.4. The Morgan fingerprint density at radius 1 is 0.933 bits per heavy atom. The van der Waals surface area contributed by atoms with Crippen molar-refractivity contribution >= 4 is 0 Å². The van der Waals surface area contributed by atoms with Crippen LogP contribution in [0.4, 0.5) is 0 Å². The molecule has 1 aromatic heterocycles. The van der Waals surface area contributed by atoms with E-state index >= 15 is 0 Å². The van der Waals surface area contributed by atoms with Gasteiger partial charge < -0.3 is 0 Å². The molecule has 0 spiro atoms. The number of rotatable bonds is 6. The smallest absolute Gasteiger partial charge is 0.171 e. The summed E-state index contributed by atoms with van der Waals surface area (Å²) >= 11 is 0. The van der Waals surface area contributed by atoms with E-state index in [1.807, 2.05) is 0 Å². The van der Waals surface area contributed by atoms with Crippen molar-refractivity contribution in [3.8, 4) is 0 Å². The highest BCUT2D eigenvalue weighted by Crippen LogP contribution is 2.08. The van der Waals surface area contributed by atoms with E-state index < -0.39 is 0 Å². The molecule has 0 bridgehead atoms. The van der Waals surface area contributed by atoms with Crippen molar-refractivity contribution < 1.29 is 4.57 Å². The van der Waals surface area contributed by atoms with Gasteiger partial charge in [-0.1, -0.05) is 26.7 Å². The molecule has 84 valence electrons. The van der Waals surface area contributed by atoms with E-state index in [2.05, 4.69) is 43.9 Å². The van der Waals surface area contributed by atoms with Crippen molar-refractivity contribution in [3.63, 3.8) is 0 Å². The molecule has 0 saturated carbocycles. The Balaban J connectivity index is 2.66. The van der Waals surface area contributed by atoms with Gasteiger partial charge in [-0.15, -0.1) is 0 Å². The lowest BCUT2D eigenvalue weighted by Gasteiger charge is -2.02. The average Bonchev–Trinajstić information content (AvgIpc) is 2.23. The van der Waals surface area contributed by atoms with E-state index in [0.717, 1.165) is 0 Å². The molecule has 0 unspecified atom stereocenters. The molecule has 0 atom stereocenters. The maximum Gasteiger partial charge on any atom is 0.171 e. The van der Waals surface area contributed by atoms with Gasteiger partial charge in [0.25, 0.3) is 0 Å². The molecular weight excluding hydrogens is 182 g/mol. The van der Waals surface area contributed by atoms with Gasteiger partial charge in [0.1, 0.15) is 7.05 Å². The van der Waals surface area contributed by atoms with Crippen molar-refractivity contribution in [1.82, 2.24) is 0 Å². The Hall–Kier alpha value is -0.850. The number of aryl methyl sites for hydroxylation is 3. The van der Waals surface area contributed by atoms with E-state index in [1.54, 1.807) is 0 Å². The maximum absolute atomic E-state index is 2.38. The van der Waals surface area contributed by atoms with Crippen LogP contribution in [0.15, 0.2) is 18.5 Å². The average molecular weight is 206 g/mol. The van der Waals surface area contributed by atoms with Gasteiger partial charge in [-0.3, -0.25) is 0 Å². The Morgan fingerprint density at radius 2 is 1.40 bits per heavy atom. The summed E-state index contributed by atoms with van der Waals surface area (Å²) in [7, 11) is 2.13. The molecule has 15 heavy (non-hydrogen) atoms. The van der Waals surface area contributed by atoms with Gasteiger partial charge in [-0.05, 0) is 31.7 Å². The first kappa shape index (κ1) is 12.2.